The van der Waals surface area contributed by atoms with Crippen LogP contribution in [0.4, 0.5) is 0 Å². The molecule has 1 atom stereocenters. The smallest absolute Gasteiger partial charge is 0.229 e. The highest BCUT2D eigenvalue weighted by Gasteiger charge is 2.28. The molecule has 0 N–H and O–H groups in total. The van der Waals surface area contributed by atoms with Crippen LogP contribution in [-0.2, 0) is 17.8 Å². The Morgan fingerprint density at radius 3 is 3.04 bits per heavy atom. The van der Waals surface area contributed by atoms with Gasteiger partial charge in [-0.1, -0.05) is 24.3 Å². The van der Waals surface area contributed by atoms with Gasteiger partial charge in [-0.25, -0.2) is 4.98 Å². The Morgan fingerprint density at radius 1 is 1.29 bits per heavy atom. The SMILES string of the molecule is CN(Cc1cnc2ccccn12)C(=O)[C@H]1COc2ccccc2C1. The fourth-order valence-corrected chi connectivity index (χ4v) is 3.22. The lowest BCUT2D eigenvalue weighted by atomic mass is 9.95. The maximum Gasteiger partial charge on any atom is 0.229 e. The van der Waals surface area contributed by atoms with Crippen LogP contribution in [0.2, 0.25) is 0 Å². The van der Waals surface area contributed by atoms with Gasteiger partial charge < -0.3 is 14.0 Å². The number of benzene rings is 1. The highest BCUT2D eigenvalue weighted by molar-refractivity contribution is 5.79. The van der Waals surface area contributed by atoms with E-state index in [0.29, 0.717) is 13.2 Å². The van der Waals surface area contributed by atoms with Gasteiger partial charge >= 0.3 is 0 Å². The number of carbonyl (C=O) groups is 1. The number of imidazole rings is 1. The maximum absolute atomic E-state index is 12.8. The third-order valence-electron chi connectivity index (χ3n) is 4.50. The topological polar surface area (TPSA) is 46.8 Å². The molecule has 24 heavy (non-hydrogen) atoms. The van der Waals surface area contributed by atoms with Crippen LogP contribution in [0, 0.1) is 5.92 Å². The normalized spacial score (nSPS) is 16.5. The first kappa shape index (κ1) is 14.8. The van der Waals surface area contributed by atoms with E-state index in [1.807, 2.05) is 66.3 Å². The van der Waals surface area contributed by atoms with Gasteiger partial charge in [0.1, 0.15) is 18.0 Å². The third-order valence-corrected chi connectivity index (χ3v) is 4.50. The highest BCUT2D eigenvalue weighted by atomic mass is 16.5. The fourth-order valence-electron chi connectivity index (χ4n) is 3.22. The Hall–Kier alpha value is -2.82. The largest absolute Gasteiger partial charge is 0.492 e. The lowest BCUT2D eigenvalue weighted by Crippen LogP contribution is -2.38. The van der Waals surface area contributed by atoms with Gasteiger partial charge in [0.05, 0.1) is 24.4 Å². The third kappa shape index (κ3) is 2.62. The van der Waals surface area contributed by atoms with Crippen molar-refractivity contribution >= 4 is 11.6 Å². The lowest BCUT2D eigenvalue weighted by Gasteiger charge is -2.28. The summed E-state index contributed by atoms with van der Waals surface area (Å²) in [5, 5.41) is 0. The molecule has 3 heterocycles. The number of amides is 1. The van der Waals surface area contributed by atoms with Gasteiger partial charge in [-0.3, -0.25) is 4.79 Å². The summed E-state index contributed by atoms with van der Waals surface area (Å²) in [5.41, 5.74) is 2.99. The van der Waals surface area contributed by atoms with Crippen molar-refractivity contribution in [1.82, 2.24) is 14.3 Å². The average molecular weight is 321 g/mol. The molecule has 0 saturated heterocycles. The van der Waals surface area contributed by atoms with E-state index in [1.54, 1.807) is 4.90 Å². The number of rotatable bonds is 3. The number of pyridine rings is 1. The molecule has 0 spiro atoms. The molecule has 5 heteroatoms. The Morgan fingerprint density at radius 2 is 2.12 bits per heavy atom. The van der Waals surface area contributed by atoms with E-state index in [2.05, 4.69) is 4.98 Å². The average Bonchev–Trinajstić information content (AvgIpc) is 3.03. The molecule has 1 aliphatic rings. The summed E-state index contributed by atoms with van der Waals surface area (Å²) in [6.07, 6.45) is 4.52. The number of hydrogen-bond acceptors (Lipinski definition) is 3. The molecular weight excluding hydrogens is 302 g/mol. The monoisotopic (exact) mass is 321 g/mol. The number of aromatic nitrogens is 2. The van der Waals surface area contributed by atoms with Crippen LogP contribution in [0.5, 0.6) is 5.75 Å². The van der Waals surface area contributed by atoms with Gasteiger partial charge in [0.15, 0.2) is 0 Å². The Bertz CT molecular complexity index is 887. The van der Waals surface area contributed by atoms with Gasteiger partial charge in [0.25, 0.3) is 0 Å². The zero-order valence-corrected chi connectivity index (χ0v) is 13.6. The molecule has 0 bridgehead atoms. The Kier molecular flexibility index (Phi) is 3.69. The number of ether oxygens (including phenoxy) is 1. The zero-order valence-electron chi connectivity index (χ0n) is 13.6. The first-order valence-electron chi connectivity index (χ1n) is 8.09. The summed E-state index contributed by atoms with van der Waals surface area (Å²) >= 11 is 0. The molecule has 0 unspecified atom stereocenters. The quantitative estimate of drug-likeness (QED) is 0.745. The predicted molar refractivity (Wildman–Crippen MR) is 90.8 cm³/mol. The van der Waals surface area contributed by atoms with E-state index in [-0.39, 0.29) is 11.8 Å². The molecule has 0 radical (unpaired) electrons. The van der Waals surface area contributed by atoms with Crippen LogP contribution in [0.1, 0.15) is 11.3 Å². The molecule has 0 aliphatic carbocycles. The molecule has 3 aromatic rings. The van der Waals surface area contributed by atoms with Crippen molar-refractivity contribution in [3.8, 4) is 5.75 Å². The molecule has 5 nitrogen and oxygen atoms in total. The molecular formula is C19H19N3O2. The van der Waals surface area contributed by atoms with Crippen LogP contribution >= 0.6 is 0 Å². The second kappa shape index (κ2) is 6.00. The minimum Gasteiger partial charge on any atom is -0.492 e. The summed E-state index contributed by atoms with van der Waals surface area (Å²) in [4.78, 5) is 18.9. The first-order valence-corrected chi connectivity index (χ1v) is 8.09. The van der Waals surface area contributed by atoms with E-state index in [4.69, 9.17) is 4.74 Å². The summed E-state index contributed by atoms with van der Waals surface area (Å²) in [6, 6.07) is 13.8. The van der Waals surface area contributed by atoms with Gasteiger partial charge in [-0.15, -0.1) is 0 Å². The zero-order chi connectivity index (χ0) is 16.5. The molecule has 0 fully saturated rings. The number of nitrogens with zero attached hydrogens (tertiary/aromatic N) is 3. The summed E-state index contributed by atoms with van der Waals surface area (Å²) in [6.45, 7) is 0.968. The van der Waals surface area contributed by atoms with Crippen LogP contribution in [0.25, 0.3) is 5.65 Å². The van der Waals surface area contributed by atoms with Crippen molar-refractivity contribution in [3.63, 3.8) is 0 Å². The fraction of sp³-hybridized carbons (Fsp3) is 0.263. The second-order valence-corrected chi connectivity index (χ2v) is 6.19. The number of para-hydroxylation sites is 1. The molecule has 1 aromatic carbocycles. The first-order chi connectivity index (χ1) is 11.7. The number of fused-ring (bicyclic) bond motifs is 2. The summed E-state index contributed by atoms with van der Waals surface area (Å²) in [5.74, 6) is 0.866. The second-order valence-electron chi connectivity index (χ2n) is 6.19. The van der Waals surface area contributed by atoms with E-state index in [0.717, 1.165) is 29.1 Å². The van der Waals surface area contributed by atoms with Gasteiger partial charge in [-0.05, 0) is 30.2 Å². The standard InChI is InChI=1S/C19H19N3O2/c1-21(12-16-11-20-18-8-4-5-9-22(16)18)19(23)15-10-14-6-2-3-7-17(14)24-13-15/h2-9,11,15H,10,12-13H2,1H3/t15-/m1/s1. The minimum atomic E-state index is -0.135. The van der Waals surface area contributed by atoms with Crippen molar-refractivity contribution in [2.45, 2.75) is 13.0 Å². The Balaban J connectivity index is 1.49. The number of hydrogen-bond donors (Lipinski definition) is 0. The minimum absolute atomic E-state index is 0.107. The van der Waals surface area contributed by atoms with E-state index < -0.39 is 0 Å². The molecule has 1 amide bonds. The molecule has 122 valence electrons. The van der Waals surface area contributed by atoms with Gasteiger partial charge in [0, 0.05) is 13.2 Å². The van der Waals surface area contributed by atoms with Gasteiger partial charge in [0.2, 0.25) is 5.91 Å². The predicted octanol–water partition coefficient (Wildman–Crippen LogP) is 2.54. The van der Waals surface area contributed by atoms with Crippen molar-refractivity contribution in [2.24, 2.45) is 5.92 Å². The Labute approximate surface area is 140 Å². The van der Waals surface area contributed by atoms with Crippen molar-refractivity contribution < 1.29 is 9.53 Å². The van der Waals surface area contributed by atoms with Crippen LogP contribution in [0.3, 0.4) is 0 Å². The summed E-state index contributed by atoms with van der Waals surface area (Å²) in [7, 11) is 1.84. The van der Waals surface area contributed by atoms with E-state index in [9.17, 15) is 4.79 Å². The molecule has 1 aliphatic heterocycles. The van der Waals surface area contributed by atoms with E-state index >= 15 is 0 Å². The van der Waals surface area contributed by atoms with Crippen molar-refractivity contribution in [2.75, 3.05) is 13.7 Å². The van der Waals surface area contributed by atoms with Crippen LogP contribution in [-0.4, -0.2) is 33.8 Å². The maximum atomic E-state index is 12.8. The van der Waals surface area contributed by atoms with Crippen molar-refractivity contribution in [1.29, 1.82) is 0 Å². The van der Waals surface area contributed by atoms with Crippen molar-refractivity contribution in [3.05, 3.63) is 66.1 Å². The summed E-state index contributed by atoms with van der Waals surface area (Å²) < 4.78 is 7.76. The molecule has 2 aromatic heterocycles. The van der Waals surface area contributed by atoms with Gasteiger partial charge in [-0.2, -0.15) is 0 Å². The molecule has 0 saturated carbocycles. The van der Waals surface area contributed by atoms with Crippen LogP contribution in [0.15, 0.2) is 54.9 Å². The molecule has 4 rings (SSSR count). The van der Waals surface area contributed by atoms with Crippen LogP contribution < -0.4 is 4.74 Å². The lowest BCUT2D eigenvalue weighted by molar-refractivity contribution is -0.136. The highest BCUT2D eigenvalue weighted by Crippen LogP contribution is 2.27. The van der Waals surface area contributed by atoms with E-state index in [1.165, 1.54) is 0 Å². The number of carbonyl (C=O) groups excluding carboxylic acids is 1.